The maximum atomic E-state index is 11.7. The lowest BCUT2D eigenvalue weighted by Crippen LogP contribution is -2.60. The largest absolute Gasteiger partial charge is 0.465 e. The van der Waals surface area contributed by atoms with Crippen LogP contribution in [-0.2, 0) is 4.74 Å². The predicted octanol–water partition coefficient (Wildman–Crippen LogP) is -3.26. The molecule has 2 heterocycles. The summed E-state index contributed by atoms with van der Waals surface area (Å²) >= 11 is 0. The van der Waals surface area contributed by atoms with E-state index in [1.54, 1.807) is 5.32 Å². The van der Waals surface area contributed by atoms with E-state index in [1.165, 1.54) is 0 Å². The summed E-state index contributed by atoms with van der Waals surface area (Å²) in [6, 6.07) is 0.949. The molecule has 6 N–H and O–H groups in total. The Morgan fingerprint density at radius 2 is 2.19 bits per heavy atom. The maximum absolute atomic E-state index is 11.7. The summed E-state index contributed by atoms with van der Waals surface area (Å²) in [4.78, 5) is 35.4. The molecule has 0 bridgehead atoms. The first-order chi connectivity index (χ1) is 9.79. The molecule has 11 heteroatoms. The van der Waals surface area contributed by atoms with Crippen LogP contribution in [0.25, 0.3) is 0 Å². The molecule has 116 valence electrons. The van der Waals surface area contributed by atoms with Crippen molar-refractivity contribution in [2.24, 2.45) is 0 Å². The molecule has 1 aliphatic heterocycles. The molecule has 1 aromatic heterocycles. The topological polar surface area (TPSA) is 174 Å². The zero-order valence-corrected chi connectivity index (χ0v) is 10.5. The second-order valence-electron chi connectivity index (χ2n) is 4.43. The number of nitrogens with zero attached hydrogens (tertiary/aromatic N) is 1. The third-order valence-corrected chi connectivity index (χ3v) is 3.07. The lowest BCUT2D eigenvalue weighted by molar-refractivity contribution is -0.126. The Labute approximate surface area is 116 Å². The fourth-order valence-corrected chi connectivity index (χ4v) is 2.11. The fraction of sp³-hybridized carbons (Fsp3) is 0.500. The summed E-state index contributed by atoms with van der Waals surface area (Å²) < 4.78 is 5.80. The average Bonchev–Trinajstić information content (AvgIpc) is 2.62. The summed E-state index contributed by atoms with van der Waals surface area (Å²) in [6.45, 7) is -0.723. The van der Waals surface area contributed by atoms with Gasteiger partial charge < -0.3 is 25.2 Å². The lowest BCUT2D eigenvalue weighted by atomic mass is 10.0. The zero-order valence-electron chi connectivity index (χ0n) is 10.5. The highest BCUT2D eigenvalue weighted by atomic mass is 16.6. The van der Waals surface area contributed by atoms with Crippen molar-refractivity contribution in [2.45, 2.75) is 24.2 Å². The minimum Gasteiger partial charge on any atom is -0.465 e. The minimum absolute atomic E-state index is 0.691. The number of aromatic amines is 1. The van der Waals surface area contributed by atoms with Crippen molar-refractivity contribution in [1.29, 1.82) is 0 Å². The zero-order chi connectivity index (χ0) is 15.8. The number of ether oxygens (including phenoxy) is 1. The van der Waals surface area contributed by atoms with Gasteiger partial charge in [0.05, 0.1) is 6.61 Å². The Morgan fingerprint density at radius 3 is 2.71 bits per heavy atom. The second-order valence-corrected chi connectivity index (χ2v) is 4.43. The number of aliphatic hydroxyl groups is 3. The molecule has 1 saturated heterocycles. The molecule has 1 aliphatic rings. The number of hydrogen-bond donors (Lipinski definition) is 6. The highest BCUT2D eigenvalue weighted by molar-refractivity contribution is 5.65. The van der Waals surface area contributed by atoms with E-state index in [2.05, 4.69) is 0 Å². The van der Waals surface area contributed by atoms with Gasteiger partial charge in [-0.15, -0.1) is 0 Å². The van der Waals surface area contributed by atoms with E-state index in [1.807, 2.05) is 4.98 Å². The highest BCUT2D eigenvalue weighted by Crippen LogP contribution is 2.35. The van der Waals surface area contributed by atoms with Gasteiger partial charge in [0.25, 0.3) is 5.56 Å². The van der Waals surface area contributed by atoms with Crippen LogP contribution in [0.3, 0.4) is 0 Å². The van der Waals surface area contributed by atoms with Crippen molar-refractivity contribution in [3.63, 3.8) is 0 Å². The average molecular weight is 303 g/mol. The van der Waals surface area contributed by atoms with Crippen LogP contribution >= 0.6 is 0 Å². The molecule has 1 fully saturated rings. The molecular weight excluding hydrogens is 290 g/mol. The van der Waals surface area contributed by atoms with Crippen molar-refractivity contribution in [1.82, 2.24) is 14.9 Å². The molecule has 0 spiro atoms. The third kappa shape index (κ3) is 2.54. The Morgan fingerprint density at radius 1 is 1.52 bits per heavy atom. The summed E-state index contributed by atoms with van der Waals surface area (Å²) in [7, 11) is 0. The number of amides is 1. The van der Waals surface area contributed by atoms with E-state index < -0.39 is 48.1 Å². The van der Waals surface area contributed by atoms with Gasteiger partial charge >= 0.3 is 11.8 Å². The van der Waals surface area contributed by atoms with E-state index in [-0.39, 0.29) is 0 Å². The number of hydrogen-bond acceptors (Lipinski definition) is 7. The van der Waals surface area contributed by atoms with Crippen molar-refractivity contribution in [2.75, 3.05) is 6.61 Å². The van der Waals surface area contributed by atoms with Gasteiger partial charge in [0.2, 0.25) is 5.72 Å². The number of H-pyrrole nitrogens is 1. The SMILES string of the molecule is O=C(O)N[C@@]1(O)[C@@H](O)[C@@H](CO)O[C@H]1n1ccc(=O)[nH]c1=O. The van der Waals surface area contributed by atoms with Crippen LogP contribution in [0.2, 0.25) is 0 Å². The number of aliphatic hydroxyl groups excluding tert-OH is 2. The molecule has 2 rings (SSSR count). The Balaban J connectivity index is 2.51. The van der Waals surface area contributed by atoms with Crippen LogP contribution in [0.1, 0.15) is 6.23 Å². The van der Waals surface area contributed by atoms with Gasteiger partial charge in [-0.05, 0) is 0 Å². The number of rotatable bonds is 3. The van der Waals surface area contributed by atoms with Gasteiger partial charge in [0, 0.05) is 12.3 Å². The molecule has 21 heavy (non-hydrogen) atoms. The summed E-state index contributed by atoms with van der Waals surface area (Å²) in [5.41, 5.74) is -4.27. The van der Waals surface area contributed by atoms with E-state index in [9.17, 15) is 24.6 Å². The molecule has 0 saturated carbocycles. The molecule has 0 unspecified atom stereocenters. The molecule has 1 amide bonds. The molecule has 0 radical (unpaired) electrons. The number of carboxylic acid groups (broad SMARTS) is 1. The van der Waals surface area contributed by atoms with Crippen LogP contribution in [0, 0.1) is 0 Å². The van der Waals surface area contributed by atoms with Gasteiger partial charge in [-0.25, -0.2) is 9.59 Å². The molecule has 4 atom stereocenters. The Kier molecular flexibility index (Phi) is 3.82. The van der Waals surface area contributed by atoms with Gasteiger partial charge in [-0.3, -0.25) is 19.7 Å². The van der Waals surface area contributed by atoms with Crippen molar-refractivity contribution < 1.29 is 30.0 Å². The van der Waals surface area contributed by atoms with E-state index >= 15 is 0 Å². The molecule has 0 aliphatic carbocycles. The molecule has 0 aromatic carbocycles. The highest BCUT2D eigenvalue weighted by Gasteiger charge is 2.57. The smallest absolute Gasteiger partial charge is 0.407 e. The first-order valence-corrected chi connectivity index (χ1v) is 5.79. The first-order valence-electron chi connectivity index (χ1n) is 5.79. The normalized spacial score (nSPS) is 32.0. The predicted molar refractivity (Wildman–Crippen MR) is 64.4 cm³/mol. The minimum atomic E-state index is -2.58. The summed E-state index contributed by atoms with van der Waals surface area (Å²) in [5, 5.41) is 39.7. The van der Waals surface area contributed by atoms with Gasteiger partial charge in [-0.1, -0.05) is 0 Å². The number of aromatic nitrogens is 2. The molecule has 1 aromatic rings. The van der Waals surface area contributed by atoms with E-state index in [4.69, 9.17) is 14.9 Å². The van der Waals surface area contributed by atoms with Crippen LogP contribution in [0.4, 0.5) is 4.79 Å². The van der Waals surface area contributed by atoms with Crippen LogP contribution in [-0.4, -0.2) is 60.6 Å². The van der Waals surface area contributed by atoms with E-state index in [0.717, 1.165) is 12.3 Å². The molecule has 11 nitrogen and oxygen atoms in total. The van der Waals surface area contributed by atoms with Crippen molar-refractivity contribution in [3.8, 4) is 0 Å². The summed E-state index contributed by atoms with van der Waals surface area (Å²) in [6.07, 6.45) is -5.55. The third-order valence-electron chi connectivity index (χ3n) is 3.07. The van der Waals surface area contributed by atoms with Gasteiger partial charge in [0.15, 0.2) is 6.23 Å². The van der Waals surface area contributed by atoms with Gasteiger partial charge in [0.1, 0.15) is 12.2 Å². The van der Waals surface area contributed by atoms with E-state index in [0.29, 0.717) is 4.57 Å². The quantitative estimate of drug-likeness (QED) is 0.315. The lowest BCUT2D eigenvalue weighted by Gasteiger charge is -2.31. The Bertz CT molecular complexity index is 654. The van der Waals surface area contributed by atoms with Crippen LogP contribution in [0.15, 0.2) is 21.9 Å². The molecular formula is C10H13N3O8. The number of nitrogens with one attached hydrogen (secondary N) is 2. The van der Waals surface area contributed by atoms with Crippen molar-refractivity contribution in [3.05, 3.63) is 33.1 Å². The van der Waals surface area contributed by atoms with Crippen LogP contribution < -0.4 is 16.6 Å². The Hall–Kier alpha value is -2.21. The fourth-order valence-electron chi connectivity index (χ4n) is 2.11. The van der Waals surface area contributed by atoms with Gasteiger partial charge in [-0.2, -0.15) is 0 Å². The maximum Gasteiger partial charge on any atom is 0.407 e. The first kappa shape index (κ1) is 15.2. The van der Waals surface area contributed by atoms with Crippen molar-refractivity contribution >= 4 is 6.09 Å². The second kappa shape index (κ2) is 5.29. The number of carbonyl (C=O) groups is 1. The standard InChI is InChI=1S/C10H13N3O8/c14-3-4-6(16)10(20,12-9(18)19)7(21-4)13-2-1-5(15)11-8(13)17/h1-2,4,6-7,12,14,16,20H,3H2,(H,18,19)(H,11,15,17)/t4-,6+,7-,10-/m1/s1. The summed E-state index contributed by atoms with van der Waals surface area (Å²) in [5.74, 6) is 0. The van der Waals surface area contributed by atoms with Crippen LogP contribution in [0.5, 0.6) is 0 Å². The monoisotopic (exact) mass is 303 g/mol.